The van der Waals surface area contributed by atoms with E-state index in [1.165, 1.54) is 0 Å². The summed E-state index contributed by atoms with van der Waals surface area (Å²) in [5.41, 5.74) is 2.80. The highest BCUT2D eigenvalue weighted by molar-refractivity contribution is 6.14. The Morgan fingerprint density at radius 2 is 1.79 bits per heavy atom. The van der Waals surface area contributed by atoms with Crippen molar-refractivity contribution in [3.8, 4) is 0 Å². The minimum Gasteiger partial charge on any atom is -0.303 e. The molecule has 1 aromatic carbocycles. The summed E-state index contributed by atoms with van der Waals surface area (Å²) >= 11 is 0. The summed E-state index contributed by atoms with van der Waals surface area (Å²) in [6.07, 6.45) is 7.09. The average Bonchev–Trinajstić information content (AvgIpc) is 2.72. The molecule has 19 heavy (non-hydrogen) atoms. The molecule has 1 aliphatic carbocycles. The van der Waals surface area contributed by atoms with Crippen LogP contribution in [0.15, 0.2) is 52.7 Å². The summed E-state index contributed by atoms with van der Waals surface area (Å²) < 4.78 is 0. The lowest BCUT2D eigenvalue weighted by atomic mass is 10.1. The summed E-state index contributed by atoms with van der Waals surface area (Å²) in [5, 5.41) is 5.80. The van der Waals surface area contributed by atoms with Gasteiger partial charge in [-0.2, -0.15) is 5.10 Å². The standard InChI is InChI=1S/C16H18N2O/c1-18(2)17-11-10-14-8-9-15(16(14)19)12-13-6-4-3-5-7-13/h3-7,10-12H,8-9H2,1-2H3. The maximum Gasteiger partial charge on any atom is 0.185 e. The average molecular weight is 254 g/mol. The van der Waals surface area contributed by atoms with E-state index in [0.717, 1.165) is 29.6 Å². The summed E-state index contributed by atoms with van der Waals surface area (Å²) in [7, 11) is 3.71. The SMILES string of the molecule is CN(C)N=CC=C1CCC(=Cc2ccccc2)C1=O. The van der Waals surface area contributed by atoms with Crippen molar-refractivity contribution in [1.82, 2.24) is 5.01 Å². The summed E-state index contributed by atoms with van der Waals surface area (Å²) in [6, 6.07) is 9.95. The molecule has 0 spiro atoms. The van der Waals surface area contributed by atoms with Crippen LogP contribution >= 0.6 is 0 Å². The fourth-order valence-electron chi connectivity index (χ4n) is 2.01. The lowest BCUT2D eigenvalue weighted by molar-refractivity contribution is -0.111. The molecule has 1 saturated carbocycles. The second-order valence-corrected chi connectivity index (χ2v) is 4.71. The normalized spacial score (nSPS) is 19.8. The largest absolute Gasteiger partial charge is 0.303 e. The summed E-state index contributed by atoms with van der Waals surface area (Å²) in [4.78, 5) is 12.2. The molecule has 0 aromatic heterocycles. The van der Waals surface area contributed by atoms with Crippen LogP contribution in [0.5, 0.6) is 0 Å². The molecule has 2 rings (SSSR count). The van der Waals surface area contributed by atoms with Crippen molar-refractivity contribution in [2.75, 3.05) is 14.1 Å². The number of benzene rings is 1. The van der Waals surface area contributed by atoms with Gasteiger partial charge in [0.1, 0.15) is 0 Å². The molecule has 0 bridgehead atoms. The van der Waals surface area contributed by atoms with Crippen molar-refractivity contribution in [2.45, 2.75) is 12.8 Å². The molecular weight excluding hydrogens is 236 g/mol. The van der Waals surface area contributed by atoms with E-state index in [2.05, 4.69) is 5.10 Å². The zero-order valence-electron chi connectivity index (χ0n) is 11.3. The van der Waals surface area contributed by atoms with Crippen molar-refractivity contribution in [2.24, 2.45) is 5.10 Å². The van der Waals surface area contributed by atoms with Gasteiger partial charge in [-0.05, 0) is 30.6 Å². The Morgan fingerprint density at radius 3 is 2.47 bits per heavy atom. The first kappa shape index (κ1) is 13.3. The Labute approximate surface area is 113 Å². The number of nitrogens with zero attached hydrogens (tertiary/aromatic N) is 2. The fraction of sp³-hybridized carbons (Fsp3) is 0.250. The number of allylic oxidation sites excluding steroid dienone is 3. The van der Waals surface area contributed by atoms with Gasteiger partial charge in [-0.25, -0.2) is 0 Å². The first-order valence-electron chi connectivity index (χ1n) is 6.37. The molecule has 0 unspecified atom stereocenters. The van der Waals surface area contributed by atoms with Crippen LogP contribution in [-0.2, 0) is 4.79 Å². The van der Waals surface area contributed by atoms with Crippen molar-refractivity contribution in [3.05, 3.63) is 53.1 Å². The first-order valence-corrected chi connectivity index (χ1v) is 6.37. The number of hydrogen-bond donors (Lipinski definition) is 0. The topological polar surface area (TPSA) is 32.7 Å². The van der Waals surface area contributed by atoms with Crippen molar-refractivity contribution >= 4 is 18.1 Å². The highest BCUT2D eigenvalue weighted by Crippen LogP contribution is 2.27. The second-order valence-electron chi connectivity index (χ2n) is 4.71. The number of hydrazone groups is 1. The van der Waals surface area contributed by atoms with Crippen LogP contribution in [0.2, 0.25) is 0 Å². The van der Waals surface area contributed by atoms with Gasteiger partial charge in [0, 0.05) is 31.5 Å². The predicted molar refractivity (Wildman–Crippen MR) is 78.9 cm³/mol. The Morgan fingerprint density at radius 1 is 1.11 bits per heavy atom. The number of carbonyl (C=O) groups excluding carboxylic acids is 1. The Balaban J connectivity index is 2.12. The number of rotatable bonds is 3. The highest BCUT2D eigenvalue weighted by Gasteiger charge is 2.22. The van der Waals surface area contributed by atoms with Crippen LogP contribution in [0, 0.1) is 0 Å². The van der Waals surface area contributed by atoms with Crippen LogP contribution in [-0.4, -0.2) is 31.1 Å². The van der Waals surface area contributed by atoms with Gasteiger partial charge in [-0.15, -0.1) is 0 Å². The van der Waals surface area contributed by atoms with Gasteiger partial charge in [0.15, 0.2) is 5.78 Å². The highest BCUT2D eigenvalue weighted by atomic mass is 16.1. The molecule has 98 valence electrons. The third-order valence-electron chi connectivity index (χ3n) is 2.96. The molecule has 1 aliphatic rings. The maximum atomic E-state index is 12.2. The fourth-order valence-corrected chi connectivity index (χ4v) is 2.01. The van der Waals surface area contributed by atoms with E-state index in [9.17, 15) is 4.79 Å². The van der Waals surface area contributed by atoms with Crippen molar-refractivity contribution < 1.29 is 4.79 Å². The summed E-state index contributed by atoms with van der Waals surface area (Å²) in [6.45, 7) is 0. The molecule has 0 saturated heterocycles. The maximum absolute atomic E-state index is 12.2. The number of carbonyl (C=O) groups is 1. The number of ketones is 1. The van der Waals surface area contributed by atoms with Crippen molar-refractivity contribution in [1.29, 1.82) is 0 Å². The lowest BCUT2D eigenvalue weighted by Crippen LogP contribution is -2.01. The van der Waals surface area contributed by atoms with E-state index < -0.39 is 0 Å². The summed E-state index contributed by atoms with van der Waals surface area (Å²) in [5.74, 6) is 0.147. The monoisotopic (exact) mass is 254 g/mol. The predicted octanol–water partition coefficient (Wildman–Crippen LogP) is 2.91. The number of Topliss-reactive ketones (excluding diaryl/α,β-unsaturated/α-hetero) is 1. The van der Waals surface area contributed by atoms with Crippen LogP contribution in [0.1, 0.15) is 18.4 Å². The van der Waals surface area contributed by atoms with Gasteiger partial charge in [0.25, 0.3) is 0 Å². The molecule has 3 nitrogen and oxygen atoms in total. The lowest BCUT2D eigenvalue weighted by Gasteiger charge is -2.00. The van der Waals surface area contributed by atoms with Crippen LogP contribution < -0.4 is 0 Å². The van der Waals surface area contributed by atoms with E-state index >= 15 is 0 Å². The van der Waals surface area contributed by atoms with Gasteiger partial charge in [-0.1, -0.05) is 30.3 Å². The van der Waals surface area contributed by atoms with Gasteiger partial charge in [0.05, 0.1) is 0 Å². The molecule has 1 aromatic rings. The first-order chi connectivity index (χ1) is 9.16. The molecule has 0 radical (unpaired) electrons. The molecule has 0 aliphatic heterocycles. The van der Waals surface area contributed by atoms with Crippen LogP contribution in [0.25, 0.3) is 6.08 Å². The van der Waals surface area contributed by atoms with Gasteiger partial charge in [0.2, 0.25) is 0 Å². The molecule has 0 atom stereocenters. The molecule has 3 heteroatoms. The second kappa shape index (κ2) is 6.14. The van der Waals surface area contributed by atoms with Gasteiger partial charge in [-0.3, -0.25) is 4.79 Å². The molecule has 0 heterocycles. The molecule has 0 amide bonds. The Bertz CT molecular complexity index is 539. The van der Waals surface area contributed by atoms with Crippen LogP contribution in [0.4, 0.5) is 0 Å². The smallest absolute Gasteiger partial charge is 0.185 e. The molecule has 0 N–H and O–H groups in total. The van der Waals surface area contributed by atoms with E-state index in [1.807, 2.05) is 56.6 Å². The third-order valence-corrected chi connectivity index (χ3v) is 2.96. The number of hydrogen-bond acceptors (Lipinski definition) is 3. The van der Waals surface area contributed by atoms with E-state index in [4.69, 9.17) is 0 Å². The third kappa shape index (κ3) is 3.65. The zero-order valence-corrected chi connectivity index (χ0v) is 11.3. The van der Waals surface area contributed by atoms with E-state index in [-0.39, 0.29) is 5.78 Å². The Kier molecular flexibility index (Phi) is 4.29. The van der Waals surface area contributed by atoms with Crippen LogP contribution in [0.3, 0.4) is 0 Å². The van der Waals surface area contributed by atoms with Crippen molar-refractivity contribution in [3.63, 3.8) is 0 Å². The van der Waals surface area contributed by atoms with E-state index in [1.54, 1.807) is 11.2 Å². The molecule has 1 fully saturated rings. The van der Waals surface area contributed by atoms with Gasteiger partial charge < -0.3 is 5.01 Å². The quantitative estimate of drug-likeness (QED) is 0.472. The zero-order chi connectivity index (χ0) is 13.7. The Hall–Kier alpha value is -2.16. The minimum absolute atomic E-state index is 0.147. The molecular formula is C16H18N2O. The van der Waals surface area contributed by atoms with Gasteiger partial charge >= 0.3 is 0 Å². The van der Waals surface area contributed by atoms with E-state index in [0.29, 0.717) is 0 Å². The minimum atomic E-state index is 0.147.